The summed E-state index contributed by atoms with van der Waals surface area (Å²) in [5.74, 6) is -1.51. The second kappa shape index (κ2) is 6.52. The zero-order valence-electron chi connectivity index (χ0n) is 12.4. The fourth-order valence-electron chi connectivity index (χ4n) is 3.42. The third-order valence-electron chi connectivity index (χ3n) is 4.34. The molecule has 2 rings (SSSR count). The van der Waals surface area contributed by atoms with Gasteiger partial charge >= 0.3 is 5.97 Å². The zero-order chi connectivity index (χ0) is 15.5. The van der Waals surface area contributed by atoms with Crippen LogP contribution in [-0.4, -0.2) is 24.7 Å². The Morgan fingerprint density at radius 1 is 1.48 bits per heavy atom. The number of carbonyl (C=O) groups is 2. The Kier molecular flexibility index (Phi) is 4.94. The summed E-state index contributed by atoms with van der Waals surface area (Å²) in [4.78, 5) is 24.7. The minimum absolute atomic E-state index is 0.283. The second-order valence-corrected chi connectivity index (χ2v) is 6.21. The van der Waals surface area contributed by atoms with Gasteiger partial charge in [-0.25, -0.2) is 4.79 Å². The normalized spacial score (nSPS) is 24.4. The number of rotatable bonds is 3. The highest BCUT2D eigenvalue weighted by Gasteiger charge is 2.53. The zero-order valence-corrected chi connectivity index (χ0v) is 13.2. The van der Waals surface area contributed by atoms with Crippen molar-refractivity contribution in [2.75, 3.05) is 12.9 Å². The molecule has 0 aromatic rings. The van der Waals surface area contributed by atoms with Crippen molar-refractivity contribution in [2.24, 2.45) is 11.3 Å². The maximum absolute atomic E-state index is 12.5. The quantitative estimate of drug-likeness (QED) is 0.810. The van der Waals surface area contributed by atoms with E-state index in [1.807, 2.05) is 6.26 Å². The molecule has 1 saturated carbocycles. The molecular formula is C15H20N2O3S. The first kappa shape index (κ1) is 15.9. The van der Waals surface area contributed by atoms with E-state index in [0.29, 0.717) is 23.4 Å². The number of esters is 1. The Balaban J connectivity index is 2.57. The van der Waals surface area contributed by atoms with E-state index in [2.05, 4.69) is 11.4 Å². The molecule has 0 aromatic carbocycles. The Hall–Kier alpha value is -1.48. The van der Waals surface area contributed by atoms with Crippen LogP contribution >= 0.6 is 11.8 Å². The molecule has 0 saturated heterocycles. The van der Waals surface area contributed by atoms with Crippen molar-refractivity contribution in [3.8, 4) is 6.07 Å². The van der Waals surface area contributed by atoms with Gasteiger partial charge in [0.2, 0.25) is 5.91 Å². The maximum atomic E-state index is 12.5. The Labute approximate surface area is 129 Å². The van der Waals surface area contributed by atoms with E-state index in [1.165, 1.54) is 11.8 Å². The predicted molar refractivity (Wildman–Crippen MR) is 79.9 cm³/mol. The number of hydrogen-bond donors (Lipinski definition) is 1. The predicted octanol–water partition coefficient (Wildman–Crippen LogP) is 2.34. The lowest BCUT2D eigenvalue weighted by Gasteiger charge is -2.44. The molecule has 21 heavy (non-hydrogen) atoms. The molecule has 1 aliphatic heterocycles. The molecule has 1 heterocycles. The van der Waals surface area contributed by atoms with Crippen molar-refractivity contribution in [1.29, 1.82) is 5.26 Å². The average molecular weight is 308 g/mol. The molecular weight excluding hydrogens is 288 g/mol. The highest BCUT2D eigenvalue weighted by molar-refractivity contribution is 8.02. The van der Waals surface area contributed by atoms with Gasteiger partial charge in [0, 0.05) is 5.41 Å². The summed E-state index contributed by atoms with van der Waals surface area (Å²) in [6.07, 6.45) is 6.13. The van der Waals surface area contributed by atoms with Crippen LogP contribution in [0.1, 0.15) is 39.0 Å². The second-order valence-electron chi connectivity index (χ2n) is 5.40. The number of nitrogens with one attached hydrogen (secondary N) is 1. The number of thioether (sulfide) groups is 1. The summed E-state index contributed by atoms with van der Waals surface area (Å²) in [6.45, 7) is 2.04. The molecule has 0 unspecified atom stereocenters. The van der Waals surface area contributed by atoms with E-state index in [0.717, 1.165) is 19.3 Å². The van der Waals surface area contributed by atoms with Gasteiger partial charge in [0.05, 0.1) is 23.3 Å². The van der Waals surface area contributed by atoms with Crippen molar-refractivity contribution in [2.45, 2.75) is 39.0 Å². The van der Waals surface area contributed by atoms with Gasteiger partial charge in [-0.05, 0) is 26.0 Å². The standard InChI is InChI=1S/C15H20N2O3S/c1-3-20-14(19)11-13(21-2)17-12(18)10(9-16)15(11)7-5-4-6-8-15/h10H,3-8H2,1-2H3,(H,17,18)/t10-/m0/s1. The van der Waals surface area contributed by atoms with E-state index in [9.17, 15) is 14.9 Å². The Morgan fingerprint density at radius 3 is 2.67 bits per heavy atom. The molecule has 1 N–H and O–H groups in total. The van der Waals surface area contributed by atoms with Crippen LogP contribution in [-0.2, 0) is 14.3 Å². The largest absolute Gasteiger partial charge is 0.463 e. The molecule has 1 amide bonds. The topological polar surface area (TPSA) is 79.2 Å². The summed E-state index contributed by atoms with van der Waals surface area (Å²) in [5.41, 5.74) is -0.178. The van der Waals surface area contributed by atoms with Gasteiger partial charge < -0.3 is 10.1 Å². The van der Waals surface area contributed by atoms with Gasteiger partial charge in [-0.1, -0.05) is 19.3 Å². The highest BCUT2D eigenvalue weighted by atomic mass is 32.2. The van der Waals surface area contributed by atoms with Crippen LogP contribution in [0.3, 0.4) is 0 Å². The van der Waals surface area contributed by atoms with Crippen LogP contribution in [0.25, 0.3) is 0 Å². The van der Waals surface area contributed by atoms with Gasteiger partial charge in [-0.15, -0.1) is 11.8 Å². The van der Waals surface area contributed by atoms with Gasteiger partial charge in [0.1, 0.15) is 5.92 Å². The average Bonchev–Trinajstić information content (AvgIpc) is 2.48. The molecule has 2 aliphatic rings. The smallest absolute Gasteiger partial charge is 0.337 e. The number of amides is 1. The molecule has 0 aromatic heterocycles. The van der Waals surface area contributed by atoms with Crippen LogP contribution in [0.5, 0.6) is 0 Å². The van der Waals surface area contributed by atoms with Crippen molar-refractivity contribution >= 4 is 23.6 Å². The molecule has 0 bridgehead atoms. The van der Waals surface area contributed by atoms with Crippen LogP contribution in [0.15, 0.2) is 10.6 Å². The van der Waals surface area contributed by atoms with Crippen molar-refractivity contribution in [3.63, 3.8) is 0 Å². The lowest BCUT2D eigenvalue weighted by Crippen LogP contribution is -2.50. The van der Waals surface area contributed by atoms with E-state index >= 15 is 0 Å². The van der Waals surface area contributed by atoms with E-state index in [4.69, 9.17) is 4.74 Å². The van der Waals surface area contributed by atoms with Crippen LogP contribution in [0.2, 0.25) is 0 Å². The van der Waals surface area contributed by atoms with Gasteiger partial charge in [0.25, 0.3) is 0 Å². The van der Waals surface area contributed by atoms with Gasteiger partial charge in [-0.2, -0.15) is 5.26 Å². The van der Waals surface area contributed by atoms with Gasteiger partial charge in [0.15, 0.2) is 0 Å². The Morgan fingerprint density at radius 2 is 2.14 bits per heavy atom. The molecule has 5 nitrogen and oxygen atoms in total. The summed E-state index contributed by atoms with van der Waals surface area (Å²) >= 11 is 1.33. The minimum Gasteiger partial charge on any atom is -0.463 e. The maximum Gasteiger partial charge on any atom is 0.337 e. The monoisotopic (exact) mass is 308 g/mol. The molecule has 1 spiro atoms. The number of ether oxygens (including phenoxy) is 1. The van der Waals surface area contributed by atoms with Crippen molar-refractivity contribution in [1.82, 2.24) is 5.32 Å². The fourth-order valence-corrected chi connectivity index (χ4v) is 4.12. The third-order valence-corrected chi connectivity index (χ3v) is 5.05. The number of carbonyl (C=O) groups excluding carboxylic acids is 2. The SMILES string of the molecule is CCOC(=O)C1=C(SC)NC(=O)[C@H](C#N)C12CCCCC2. The lowest BCUT2D eigenvalue weighted by molar-refractivity contribution is -0.141. The Bertz CT molecular complexity index is 516. The van der Waals surface area contributed by atoms with Gasteiger partial charge in [-0.3, -0.25) is 4.79 Å². The highest BCUT2D eigenvalue weighted by Crippen LogP contribution is 2.52. The molecule has 114 valence electrons. The van der Waals surface area contributed by atoms with E-state index < -0.39 is 17.3 Å². The van der Waals surface area contributed by atoms with Crippen molar-refractivity contribution < 1.29 is 14.3 Å². The number of nitrogens with zero attached hydrogens (tertiary/aromatic N) is 1. The first-order valence-corrected chi connectivity index (χ1v) is 8.49. The van der Waals surface area contributed by atoms with E-state index in [-0.39, 0.29) is 12.5 Å². The van der Waals surface area contributed by atoms with Crippen LogP contribution in [0.4, 0.5) is 0 Å². The molecule has 1 fully saturated rings. The first-order chi connectivity index (χ1) is 10.1. The van der Waals surface area contributed by atoms with Crippen molar-refractivity contribution in [3.05, 3.63) is 10.6 Å². The number of hydrogen-bond acceptors (Lipinski definition) is 5. The first-order valence-electron chi connectivity index (χ1n) is 7.27. The molecule has 0 radical (unpaired) electrons. The molecule has 6 heteroatoms. The number of nitriles is 1. The summed E-state index contributed by atoms with van der Waals surface area (Å²) in [7, 11) is 0. The van der Waals surface area contributed by atoms with Crippen LogP contribution < -0.4 is 5.32 Å². The third kappa shape index (κ3) is 2.67. The molecule has 1 aliphatic carbocycles. The fraction of sp³-hybridized carbons (Fsp3) is 0.667. The lowest BCUT2D eigenvalue weighted by atomic mass is 9.60. The minimum atomic E-state index is -0.812. The summed E-state index contributed by atoms with van der Waals surface area (Å²) in [5, 5.41) is 12.7. The summed E-state index contributed by atoms with van der Waals surface area (Å²) < 4.78 is 5.20. The summed E-state index contributed by atoms with van der Waals surface area (Å²) in [6, 6.07) is 2.12. The van der Waals surface area contributed by atoms with E-state index in [1.54, 1.807) is 6.92 Å². The van der Waals surface area contributed by atoms with Crippen LogP contribution in [0, 0.1) is 22.7 Å². The molecule has 1 atom stereocenters.